The number of amides is 1. The lowest BCUT2D eigenvalue weighted by molar-refractivity contribution is 0.0938. The van der Waals surface area contributed by atoms with Crippen molar-refractivity contribution in [1.82, 2.24) is 5.32 Å². The zero-order valence-electron chi connectivity index (χ0n) is 13.6. The number of para-hydroxylation sites is 1. The van der Waals surface area contributed by atoms with Crippen molar-refractivity contribution in [3.8, 4) is 0 Å². The van der Waals surface area contributed by atoms with Crippen molar-refractivity contribution < 1.29 is 17.9 Å². The minimum atomic E-state index is -3.74. The van der Waals surface area contributed by atoms with Gasteiger partial charge in [0.15, 0.2) is 0 Å². The Hall–Kier alpha value is -2.38. The fourth-order valence-corrected chi connectivity index (χ4v) is 3.42. The van der Waals surface area contributed by atoms with Crippen LogP contribution >= 0.6 is 0 Å². The number of sulfonamides is 1. The summed E-state index contributed by atoms with van der Waals surface area (Å²) in [6.07, 6.45) is 0. The molecule has 2 rings (SSSR count). The SMILES string of the molecule is COCCNC(=O)c1ccccc1N(C)S(=O)(=O)c1ccccc1. The molecule has 6 nitrogen and oxygen atoms in total. The van der Waals surface area contributed by atoms with Gasteiger partial charge in [0.25, 0.3) is 15.9 Å². The topological polar surface area (TPSA) is 75.7 Å². The Morgan fingerprint density at radius 1 is 1.08 bits per heavy atom. The van der Waals surface area contributed by atoms with E-state index >= 15 is 0 Å². The third-order valence-corrected chi connectivity index (χ3v) is 5.27. The van der Waals surface area contributed by atoms with Crippen LogP contribution in [-0.4, -0.2) is 41.6 Å². The summed E-state index contributed by atoms with van der Waals surface area (Å²) in [5.74, 6) is -0.349. The second kappa shape index (κ2) is 7.94. The number of methoxy groups -OCH3 is 1. The van der Waals surface area contributed by atoms with E-state index in [9.17, 15) is 13.2 Å². The number of hydrogen-bond acceptors (Lipinski definition) is 4. The van der Waals surface area contributed by atoms with Gasteiger partial charge in [0.05, 0.1) is 22.8 Å². The van der Waals surface area contributed by atoms with Crippen molar-refractivity contribution in [2.24, 2.45) is 0 Å². The molecule has 0 bridgehead atoms. The van der Waals surface area contributed by atoms with Gasteiger partial charge < -0.3 is 10.1 Å². The highest BCUT2D eigenvalue weighted by Crippen LogP contribution is 2.25. The third-order valence-electron chi connectivity index (χ3n) is 3.48. The maximum Gasteiger partial charge on any atom is 0.264 e. The molecule has 0 saturated carbocycles. The van der Waals surface area contributed by atoms with Crippen molar-refractivity contribution in [3.05, 3.63) is 60.2 Å². The van der Waals surface area contributed by atoms with Gasteiger partial charge >= 0.3 is 0 Å². The average Bonchev–Trinajstić information content (AvgIpc) is 2.62. The molecule has 0 atom stereocenters. The minimum Gasteiger partial charge on any atom is -0.383 e. The maximum atomic E-state index is 12.7. The molecule has 7 heteroatoms. The van der Waals surface area contributed by atoms with Gasteiger partial charge in [-0.25, -0.2) is 8.42 Å². The average molecular weight is 348 g/mol. The van der Waals surface area contributed by atoms with Crippen molar-refractivity contribution in [2.75, 3.05) is 31.6 Å². The van der Waals surface area contributed by atoms with Crippen LogP contribution in [0.4, 0.5) is 5.69 Å². The molecule has 0 saturated heterocycles. The smallest absolute Gasteiger partial charge is 0.264 e. The molecule has 0 radical (unpaired) electrons. The Balaban J connectivity index is 2.33. The Morgan fingerprint density at radius 2 is 1.71 bits per heavy atom. The molecule has 0 aliphatic rings. The second-order valence-electron chi connectivity index (χ2n) is 5.05. The first-order chi connectivity index (χ1) is 11.5. The zero-order valence-corrected chi connectivity index (χ0v) is 14.4. The number of carbonyl (C=O) groups excluding carboxylic acids is 1. The standard InChI is InChI=1S/C17H20N2O4S/c1-19(24(21,22)14-8-4-3-5-9-14)16-11-7-6-10-15(16)17(20)18-12-13-23-2/h3-11H,12-13H2,1-2H3,(H,18,20). The summed E-state index contributed by atoms with van der Waals surface area (Å²) in [4.78, 5) is 12.5. The quantitative estimate of drug-likeness (QED) is 0.775. The molecule has 0 aliphatic carbocycles. The van der Waals surface area contributed by atoms with Gasteiger partial charge in [0.2, 0.25) is 0 Å². The number of nitrogens with zero attached hydrogens (tertiary/aromatic N) is 1. The van der Waals surface area contributed by atoms with Crippen LogP contribution in [0.1, 0.15) is 10.4 Å². The van der Waals surface area contributed by atoms with E-state index < -0.39 is 10.0 Å². The summed E-state index contributed by atoms with van der Waals surface area (Å²) < 4.78 is 31.5. The molecule has 2 aromatic carbocycles. The first-order valence-electron chi connectivity index (χ1n) is 7.38. The van der Waals surface area contributed by atoms with Crippen LogP contribution in [0.5, 0.6) is 0 Å². The molecule has 0 heterocycles. The highest BCUT2D eigenvalue weighted by Gasteiger charge is 2.24. The fraction of sp³-hybridized carbons (Fsp3) is 0.235. The number of benzene rings is 2. The summed E-state index contributed by atoms with van der Waals surface area (Å²) in [5, 5.41) is 2.70. The Kier molecular flexibility index (Phi) is 5.94. The van der Waals surface area contributed by atoms with E-state index in [1.54, 1.807) is 49.6 Å². The predicted molar refractivity (Wildman–Crippen MR) is 92.7 cm³/mol. The summed E-state index contributed by atoms with van der Waals surface area (Å²) in [6.45, 7) is 0.727. The molecule has 0 spiro atoms. The number of nitrogens with one attached hydrogen (secondary N) is 1. The number of carbonyl (C=O) groups is 1. The van der Waals surface area contributed by atoms with Crippen LogP contribution in [0.3, 0.4) is 0 Å². The van der Waals surface area contributed by atoms with Gasteiger partial charge in [-0.1, -0.05) is 30.3 Å². The van der Waals surface area contributed by atoms with E-state index in [1.165, 1.54) is 19.2 Å². The largest absolute Gasteiger partial charge is 0.383 e. The lowest BCUT2D eigenvalue weighted by Gasteiger charge is -2.22. The number of ether oxygens (including phenoxy) is 1. The van der Waals surface area contributed by atoms with Crippen molar-refractivity contribution in [1.29, 1.82) is 0 Å². The molecule has 0 aliphatic heterocycles. The summed E-state index contributed by atoms with van der Waals surface area (Å²) in [6, 6.07) is 14.7. The monoisotopic (exact) mass is 348 g/mol. The van der Waals surface area contributed by atoms with Crippen molar-refractivity contribution in [3.63, 3.8) is 0 Å². The Morgan fingerprint density at radius 3 is 2.38 bits per heavy atom. The number of rotatable bonds is 7. The number of hydrogen-bond donors (Lipinski definition) is 1. The molecule has 1 amide bonds. The van der Waals surface area contributed by atoms with Crippen LogP contribution in [0.15, 0.2) is 59.5 Å². The first kappa shape index (κ1) is 18.0. The van der Waals surface area contributed by atoms with Crippen LogP contribution in [0.25, 0.3) is 0 Å². The number of anilines is 1. The van der Waals surface area contributed by atoms with E-state index in [0.29, 0.717) is 18.8 Å². The van der Waals surface area contributed by atoms with Crippen LogP contribution in [0, 0.1) is 0 Å². The summed E-state index contributed by atoms with van der Waals surface area (Å²) in [7, 11) is -0.768. The van der Waals surface area contributed by atoms with E-state index in [4.69, 9.17) is 4.74 Å². The molecule has 128 valence electrons. The van der Waals surface area contributed by atoms with Gasteiger partial charge in [-0.15, -0.1) is 0 Å². The highest BCUT2D eigenvalue weighted by atomic mass is 32.2. The molecule has 0 fully saturated rings. The van der Waals surface area contributed by atoms with Gasteiger partial charge in [0.1, 0.15) is 0 Å². The lowest BCUT2D eigenvalue weighted by Crippen LogP contribution is -2.32. The highest BCUT2D eigenvalue weighted by molar-refractivity contribution is 7.92. The molecule has 1 N–H and O–H groups in total. The third kappa shape index (κ3) is 3.93. The molecule has 24 heavy (non-hydrogen) atoms. The van der Waals surface area contributed by atoms with E-state index in [1.807, 2.05) is 0 Å². The van der Waals surface area contributed by atoms with Gasteiger partial charge in [-0.2, -0.15) is 0 Å². The molecular weight excluding hydrogens is 328 g/mol. The summed E-state index contributed by atoms with van der Waals surface area (Å²) >= 11 is 0. The van der Waals surface area contributed by atoms with Gasteiger partial charge in [0, 0.05) is 20.7 Å². The first-order valence-corrected chi connectivity index (χ1v) is 8.82. The molecule has 0 aromatic heterocycles. The van der Waals surface area contributed by atoms with Crippen LogP contribution in [-0.2, 0) is 14.8 Å². The van der Waals surface area contributed by atoms with Crippen molar-refractivity contribution >= 4 is 21.6 Å². The second-order valence-corrected chi connectivity index (χ2v) is 7.02. The van der Waals surface area contributed by atoms with E-state index in [0.717, 1.165) is 4.31 Å². The molecular formula is C17H20N2O4S. The summed E-state index contributed by atoms with van der Waals surface area (Å²) in [5.41, 5.74) is 0.604. The molecule has 2 aromatic rings. The normalized spacial score (nSPS) is 11.1. The Bertz CT molecular complexity index is 791. The van der Waals surface area contributed by atoms with E-state index in [-0.39, 0.29) is 16.4 Å². The van der Waals surface area contributed by atoms with Crippen LogP contribution in [0.2, 0.25) is 0 Å². The maximum absolute atomic E-state index is 12.7. The Labute approximate surface area is 142 Å². The minimum absolute atomic E-state index is 0.169. The van der Waals surface area contributed by atoms with Gasteiger partial charge in [-0.05, 0) is 24.3 Å². The fourth-order valence-electron chi connectivity index (χ4n) is 2.18. The van der Waals surface area contributed by atoms with Crippen LogP contribution < -0.4 is 9.62 Å². The zero-order chi connectivity index (χ0) is 17.6. The van der Waals surface area contributed by atoms with Crippen molar-refractivity contribution in [2.45, 2.75) is 4.90 Å². The van der Waals surface area contributed by atoms with E-state index in [2.05, 4.69) is 5.32 Å². The lowest BCUT2D eigenvalue weighted by atomic mass is 10.1. The van der Waals surface area contributed by atoms with Gasteiger partial charge in [-0.3, -0.25) is 9.10 Å². The molecule has 0 unspecified atom stereocenters. The predicted octanol–water partition coefficient (Wildman–Crippen LogP) is 1.89.